The third-order valence-electron chi connectivity index (χ3n) is 4.33. The first kappa shape index (κ1) is 20.4. The lowest BCUT2D eigenvalue weighted by Gasteiger charge is -2.04. The van der Waals surface area contributed by atoms with Gasteiger partial charge in [0.15, 0.2) is 0 Å². The highest BCUT2D eigenvalue weighted by atomic mass is 16.1. The van der Waals surface area contributed by atoms with E-state index >= 15 is 0 Å². The van der Waals surface area contributed by atoms with Crippen LogP contribution in [0.2, 0.25) is 0 Å². The third kappa shape index (κ3) is 14.1. The zero-order valence-corrected chi connectivity index (χ0v) is 14.9. The molecule has 0 fully saturated rings. The smallest absolute Gasteiger partial charge is 0.145 e. The Morgan fingerprint density at radius 2 is 1.05 bits per heavy atom. The lowest BCUT2D eigenvalue weighted by molar-refractivity contribution is -0.105. The molecule has 0 unspecified atom stereocenters. The largest absolute Gasteiger partial charge is 0.298 e. The van der Waals surface area contributed by atoms with Gasteiger partial charge in [-0.25, -0.2) is 0 Å². The minimum absolute atomic E-state index is 0.976. The highest BCUT2D eigenvalue weighted by molar-refractivity contribution is 5.74. The van der Waals surface area contributed by atoms with Gasteiger partial charge in [0.25, 0.3) is 0 Å². The van der Waals surface area contributed by atoms with Gasteiger partial charge < -0.3 is 0 Å². The molecule has 0 aliphatic carbocycles. The normalized spacial score (nSPS) is 10.6. The van der Waals surface area contributed by atoms with Crippen molar-refractivity contribution in [2.75, 3.05) is 0 Å². The second kappa shape index (κ2) is 15.8. The van der Waals surface area contributed by atoms with Gasteiger partial charge in [-0.15, -0.1) is 0 Å². The van der Waals surface area contributed by atoms with E-state index in [0.29, 0.717) is 0 Å². The first-order valence-corrected chi connectivity index (χ1v) is 9.34. The van der Waals surface area contributed by atoms with Gasteiger partial charge >= 0.3 is 0 Å². The van der Waals surface area contributed by atoms with E-state index in [1.54, 1.807) is 0 Å². The van der Waals surface area contributed by atoms with Crippen LogP contribution in [0.15, 0.2) is 11.1 Å². The molecule has 0 radical (unpaired) electrons. The Kier molecular flexibility index (Phi) is 15.3. The Hall–Kier alpha value is -0.590. The molecule has 0 aromatic rings. The summed E-state index contributed by atoms with van der Waals surface area (Å²) in [6.45, 7) is 6.34. The Balaban J connectivity index is 3.19. The van der Waals surface area contributed by atoms with Crippen molar-refractivity contribution in [1.82, 2.24) is 0 Å². The zero-order chi connectivity index (χ0) is 15.8. The maximum atomic E-state index is 10.8. The van der Waals surface area contributed by atoms with Crippen molar-refractivity contribution in [2.24, 2.45) is 0 Å². The van der Waals surface area contributed by atoms with Gasteiger partial charge in [0.05, 0.1) is 0 Å². The summed E-state index contributed by atoms with van der Waals surface area (Å²) >= 11 is 0. The standard InChI is InChI=1S/C20H38O/c1-4-5-6-7-8-9-10-11-12-13-14-15-16-17-20(18-21)19(2)3/h18H,4-17H2,1-3H3. The molecule has 0 aromatic heterocycles. The van der Waals surface area contributed by atoms with Crippen molar-refractivity contribution in [3.05, 3.63) is 11.1 Å². The second-order valence-electron chi connectivity index (χ2n) is 6.64. The van der Waals surface area contributed by atoms with Crippen LogP contribution >= 0.6 is 0 Å². The number of allylic oxidation sites excluding steroid dienone is 2. The van der Waals surface area contributed by atoms with E-state index in [2.05, 4.69) is 6.92 Å². The summed E-state index contributed by atoms with van der Waals surface area (Å²) in [6, 6.07) is 0. The summed E-state index contributed by atoms with van der Waals surface area (Å²) in [7, 11) is 0. The summed E-state index contributed by atoms with van der Waals surface area (Å²) in [5.74, 6) is 0. The quantitative estimate of drug-likeness (QED) is 0.180. The lowest BCUT2D eigenvalue weighted by atomic mass is 10.0. The molecule has 21 heavy (non-hydrogen) atoms. The van der Waals surface area contributed by atoms with Gasteiger partial charge in [-0.05, 0) is 32.3 Å². The van der Waals surface area contributed by atoms with Crippen LogP contribution in [-0.4, -0.2) is 6.29 Å². The Bertz CT molecular complexity index is 261. The predicted molar refractivity (Wildman–Crippen MR) is 94.8 cm³/mol. The first-order valence-electron chi connectivity index (χ1n) is 9.34. The molecule has 0 bridgehead atoms. The van der Waals surface area contributed by atoms with Crippen LogP contribution in [0.25, 0.3) is 0 Å². The number of carbonyl (C=O) groups is 1. The second-order valence-corrected chi connectivity index (χ2v) is 6.64. The summed E-state index contributed by atoms with van der Waals surface area (Å²) < 4.78 is 0. The minimum atomic E-state index is 0.976. The van der Waals surface area contributed by atoms with E-state index in [-0.39, 0.29) is 0 Å². The van der Waals surface area contributed by atoms with E-state index in [4.69, 9.17) is 0 Å². The molecule has 0 saturated carbocycles. The molecule has 124 valence electrons. The minimum Gasteiger partial charge on any atom is -0.298 e. The zero-order valence-electron chi connectivity index (χ0n) is 14.9. The van der Waals surface area contributed by atoms with Gasteiger partial charge in [0.1, 0.15) is 6.29 Å². The van der Waals surface area contributed by atoms with E-state index in [9.17, 15) is 4.79 Å². The summed E-state index contributed by atoms with van der Waals surface area (Å²) in [6.07, 6.45) is 20.0. The maximum absolute atomic E-state index is 10.8. The summed E-state index contributed by atoms with van der Waals surface area (Å²) in [4.78, 5) is 10.8. The van der Waals surface area contributed by atoms with Crippen LogP contribution in [0, 0.1) is 0 Å². The van der Waals surface area contributed by atoms with Crippen molar-refractivity contribution in [1.29, 1.82) is 0 Å². The van der Waals surface area contributed by atoms with Gasteiger partial charge in [0, 0.05) is 0 Å². The first-order chi connectivity index (χ1) is 10.2. The molecule has 0 heterocycles. The number of carbonyl (C=O) groups excluding carboxylic acids is 1. The molecule has 0 amide bonds. The van der Waals surface area contributed by atoms with Gasteiger partial charge in [-0.3, -0.25) is 4.79 Å². The molecule has 0 aromatic carbocycles. The van der Waals surface area contributed by atoms with Crippen LogP contribution in [0.5, 0.6) is 0 Å². The molecule has 0 spiro atoms. The SMILES string of the molecule is CCCCCCCCCCCCCCCC(C=O)=C(C)C. The average Bonchev–Trinajstić information content (AvgIpc) is 2.47. The van der Waals surface area contributed by atoms with Crippen LogP contribution in [0.3, 0.4) is 0 Å². The molecule has 0 aliphatic heterocycles. The van der Waals surface area contributed by atoms with Crippen molar-refractivity contribution in [2.45, 2.75) is 111 Å². The van der Waals surface area contributed by atoms with Crippen molar-refractivity contribution >= 4 is 6.29 Å². The van der Waals surface area contributed by atoms with Gasteiger partial charge in [-0.2, -0.15) is 0 Å². The molecule has 0 atom stereocenters. The van der Waals surface area contributed by atoms with Crippen molar-refractivity contribution in [3.8, 4) is 0 Å². The van der Waals surface area contributed by atoms with Gasteiger partial charge in [0.2, 0.25) is 0 Å². The number of unbranched alkanes of at least 4 members (excludes halogenated alkanes) is 12. The van der Waals surface area contributed by atoms with Crippen LogP contribution < -0.4 is 0 Å². The number of hydrogen-bond donors (Lipinski definition) is 0. The summed E-state index contributed by atoms with van der Waals surface area (Å²) in [5.41, 5.74) is 2.20. The Morgan fingerprint density at radius 1 is 0.667 bits per heavy atom. The van der Waals surface area contributed by atoms with Gasteiger partial charge in [-0.1, -0.05) is 89.5 Å². The van der Waals surface area contributed by atoms with Crippen molar-refractivity contribution < 1.29 is 4.79 Å². The number of hydrogen-bond acceptors (Lipinski definition) is 1. The predicted octanol–water partition coefficient (Wildman–Crippen LogP) is 7.00. The van der Waals surface area contributed by atoms with E-state index in [0.717, 1.165) is 18.3 Å². The van der Waals surface area contributed by atoms with E-state index in [1.165, 1.54) is 89.0 Å². The monoisotopic (exact) mass is 294 g/mol. The van der Waals surface area contributed by atoms with E-state index in [1.807, 2.05) is 13.8 Å². The molecular weight excluding hydrogens is 256 g/mol. The topological polar surface area (TPSA) is 17.1 Å². The highest BCUT2D eigenvalue weighted by Gasteiger charge is 1.98. The molecule has 0 N–H and O–H groups in total. The summed E-state index contributed by atoms with van der Waals surface area (Å²) in [5, 5.41) is 0. The molecule has 1 heteroatoms. The number of rotatable bonds is 15. The van der Waals surface area contributed by atoms with Crippen LogP contribution in [-0.2, 0) is 4.79 Å². The average molecular weight is 295 g/mol. The van der Waals surface area contributed by atoms with Crippen molar-refractivity contribution in [3.63, 3.8) is 0 Å². The molecule has 0 saturated heterocycles. The molecule has 0 aliphatic rings. The maximum Gasteiger partial charge on any atom is 0.145 e. The third-order valence-corrected chi connectivity index (χ3v) is 4.33. The van der Waals surface area contributed by atoms with Crippen LogP contribution in [0.1, 0.15) is 111 Å². The number of aldehydes is 1. The van der Waals surface area contributed by atoms with E-state index < -0.39 is 0 Å². The Labute approximate surface area is 133 Å². The fraction of sp³-hybridized carbons (Fsp3) is 0.850. The Morgan fingerprint density at radius 3 is 1.38 bits per heavy atom. The molecule has 0 rings (SSSR count). The fourth-order valence-electron chi connectivity index (χ4n) is 2.76. The van der Waals surface area contributed by atoms with Crippen LogP contribution in [0.4, 0.5) is 0 Å². The lowest BCUT2D eigenvalue weighted by Crippen LogP contribution is -1.89. The molecule has 1 nitrogen and oxygen atoms in total. The highest BCUT2D eigenvalue weighted by Crippen LogP contribution is 2.15. The fourth-order valence-corrected chi connectivity index (χ4v) is 2.76. The molecular formula is C20H38O.